The molecule has 2 aliphatic rings. The fraction of sp³-hybridized carbons (Fsp3) is 0.818. The second-order valence-corrected chi connectivity index (χ2v) is 7.59. The average Bonchev–Trinajstić information content (AvgIpc) is 3.08. The number of rotatable bonds is 12. The molecule has 0 saturated heterocycles. The summed E-state index contributed by atoms with van der Waals surface area (Å²) in [7, 11) is 5.13. The maximum Gasteiger partial charge on any atom is 0.285 e. The lowest BCUT2D eigenvalue weighted by Gasteiger charge is -2.40. The molecule has 3 unspecified atom stereocenters. The summed E-state index contributed by atoms with van der Waals surface area (Å²) in [4.78, 5) is 0. The normalized spacial score (nSPS) is 24.2. The summed E-state index contributed by atoms with van der Waals surface area (Å²) >= 11 is 0. The van der Waals surface area contributed by atoms with E-state index in [1.165, 1.54) is 57.8 Å². The first-order valence-electron chi connectivity index (χ1n) is 10.2. The van der Waals surface area contributed by atoms with E-state index in [0.717, 1.165) is 6.42 Å². The van der Waals surface area contributed by atoms with Crippen LogP contribution in [0.3, 0.4) is 0 Å². The molecule has 2 rings (SSSR count). The Morgan fingerprint density at radius 2 is 1.68 bits per heavy atom. The molecule has 25 heavy (non-hydrogen) atoms. The van der Waals surface area contributed by atoms with Crippen molar-refractivity contribution >= 4 is 0 Å². The smallest absolute Gasteiger partial charge is 0.285 e. The van der Waals surface area contributed by atoms with Gasteiger partial charge in [0.25, 0.3) is 5.97 Å². The van der Waals surface area contributed by atoms with Gasteiger partial charge in [-0.05, 0) is 37.5 Å². The van der Waals surface area contributed by atoms with Gasteiger partial charge < -0.3 is 14.2 Å². The van der Waals surface area contributed by atoms with Crippen LogP contribution in [0.15, 0.2) is 23.8 Å². The Kier molecular flexibility index (Phi) is 8.68. The van der Waals surface area contributed by atoms with Crippen molar-refractivity contribution in [2.24, 2.45) is 17.8 Å². The van der Waals surface area contributed by atoms with E-state index in [-0.39, 0.29) is 5.92 Å². The van der Waals surface area contributed by atoms with E-state index in [1.807, 2.05) is 0 Å². The molecule has 0 aromatic heterocycles. The minimum Gasteiger partial charge on any atom is -0.331 e. The van der Waals surface area contributed by atoms with Gasteiger partial charge in [-0.25, -0.2) is 0 Å². The van der Waals surface area contributed by atoms with Gasteiger partial charge in [-0.15, -0.1) is 0 Å². The molecule has 0 heterocycles. The van der Waals surface area contributed by atoms with E-state index in [1.54, 1.807) is 26.9 Å². The van der Waals surface area contributed by atoms with Crippen molar-refractivity contribution in [1.82, 2.24) is 0 Å². The van der Waals surface area contributed by atoms with E-state index in [4.69, 9.17) is 14.2 Å². The first-order valence-corrected chi connectivity index (χ1v) is 10.2. The molecule has 144 valence electrons. The second kappa shape index (κ2) is 10.5. The van der Waals surface area contributed by atoms with Gasteiger partial charge in [0, 0.05) is 27.2 Å². The largest absolute Gasteiger partial charge is 0.331 e. The zero-order valence-corrected chi connectivity index (χ0v) is 16.8. The molecule has 3 heteroatoms. The van der Waals surface area contributed by atoms with Crippen molar-refractivity contribution in [2.45, 2.75) is 77.1 Å². The van der Waals surface area contributed by atoms with E-state index in [9.17, 15) is 0 Å². The summed E-state index contributed by atoms with van der Waals surface area (Å²) in [6, 6.07) is 0. The lowest BCUT2D eigenvalue weighted by Crippen LogP contribution is -2.47. The summed E-state index contributed by atoms with van der Waals surface area (Å²) in [5, 5.41) is 0. The monoisotopic (exact) mass is 350 g/mol. The Labute approximate surface area is 154 Å². The molecule has 0 aliphatic heterocycles. The molecule has 1 saturated carbocycles. The third-order valence-electron chi connectivity index (χ3n) is 6.23. The first-order chi connectivity index (χ1) is 12.2. The number of ether oxygens (including phenoxy) is 3. The van der Waals surface area contributed by atoms with Crippen LogP contribution >= 0.6 is 0 Å². The second-order valence-electron chi connectivity index (χ2n) is 7.59. The summed E-state index contributed by atoms with van der Waals surface area (Å²) in [5.41, 5.74) is 1.59. The first kappa shape index (κ1) is 20.7. The number of hydrogen-bond donors (Lipinski definition) is 0. The van der Waals surface area contributed by atoms with Gasteiger partial charge in [-0.2, -0.15) is 0 Å². The minimum atomic E-state index is -0.926. The molecule has 0 aromatic rings. The molecule has 1 fully saturated rings. The van der Waals surface area contributed by atoms with Crippen molar-refractivity contribution in [2.75, 3.05) is 21.3 Å². The quantitative estimate of drug-likeness (QED) is 0.326. The van der Waals surface area contributed by atoms with E-state index >= 15 is 0 Å². The summed E-state index contributed by atoms with van der Waals surface area (Å²) < 4.78 is 17.4. The Morgan fingerprint density at radius 3 is 2.36 bits per heavy atom. The Balaban J connectivity index is 2.07. The van der Waals surface area contributed by atoms with E-state index in [2.05, 4.69) is 25.2 Å². The summed E-state index contributed by atoms with van der Waals surface area (Å²) in [6.45, 7) is 2.27. The Hall–Kier alpha value is -0.640. The van der Waals surface area contributed by atoms with Gasteiger partial charge in [0.05, 0.1) is 0 Å². The van der Waals surface area contributed by atoms with E-state index < -0.39 is 5.97 Å². The maximum absolute atomic E-state index is 5.80. The van der Waals surface area contributed by atoms with Gasteiger partial charge in [-0.1, -0.05) is 69.2 Å². The van der Waals surface area contributed by atoms with Gasteiger partial charge in [0.2, 0.25) is 0 Å². The fourth-order valence-corrected chi connectivity index (χ4v) is 4.86. The molecule has 0 amide bonds. The Morgan fingerprint density at radius 1 is 1.00 bits per heavy atom. The zero-order valence-electron chi connectivity index (χ0n) is 16.8. The zero-order chi connectivity index (χ0) is 18.1. The van der Waals surface area contributed by atoms with Crippen molar-refractivity contribution < 1.29 is 14.2 Å². The molecule has 0 bridgehead atoms. The van der Waals surface area contributed by atoms with Gasteiger partial charge >= 0.3 is 0 Å². The molecule has 0 N–H and O–H groups in total. The number of unbranched alkanes of at least 4 members (excludes halogenated alkanes) is 5. The third kappa shape index (κ3) is 4.96. The van der Waals surface area contributed by atoms with E-state index in [0.29, 0.717) is 11.8 Å². The van der Waals surface area contributed by atoms with Crippen molar-refractivity contribution in [3.05, 3.63) is 23.8 Å². The van der Waals surface area contributed by atoms with Crippen molar-refractivity contribution in [1.29, 1.82) is 0 Å². The van der Waals surface area contributed by atoms with Crippen LogP contribution in [-0.4, -0.2) is 27.3 Å². The highest BCUT2D eigenvalue weighted by molar-refractivity contribution is 5.27. The molecular weight excluding hydrogens is 312 g/mol. The molecule has 0 radical (unpaired) electrons. The highest BCUT2D eigenvalue weighted by atomic mass is 16.9. The van der Waals surface area contributed by atoms with Crippen molar-refractivity contribution in [3.63, 3.8) is 0 Å². The molecule has 2 aliphatic carbocycles. The van der Waals surface area contributed by atoms with Crippen LogP contribution in [0.25, 0.3) is 0 Å². The number of fused-ring (bicyclic) bond motifs is 1. The maximum atomic E-state index is 5.80. The van der Waals surface area contributed by atoms with Crippen LogP contribution in [0.2, 0.25) is 0 Å². The van der Waals surface area contributed by atoms with Gasteiger partial charge in [0.15, 0.2) is 0 Å². The minimum absolute atomic E-state index is 0.251. The predicted octanol–water partition coefficient (Wildman–Crippen LogP) is 5.86. The van der Waals surface area contributed by atoms with Crippen molar-refractivity contribution in [3.8, 4) is 0 Å². The molecular formula is C22H38O3. The van der Waals surface area contributed by atoms with Crippen LogP contribution in [-0.2, 0) is 14.2 Å². The van der Waals surface area contributed by atoms with Crippen LogP contribution < -0.4 is 0 Å². The number of hydrogen-bond acceptors (Lipinski definition) is 3. The molecule has 0 spiro atoms. The molecule has 3 nitrogen and oxygen atoms in total. The topological polar surface area (TPSA) is 27.7 Å². The van der Waals surface area contributed by atoms with Gasteiger partial charge in [0.1, 0.15) is 0 Å². The summed E-state index contributed by atoms with van der Waals surface area (Å²) in [5.74, 6) is 0.544. The fourth-order valence-electron chi connectivity index (χ4n) is 4.86. The SMILES string of the molecule is CCCCCCCCC(C1CCC2CC=CC=C21)C(OC)(OC)OC. The Bertz CT molecular complexity index is 428. The standard InChI is InChI=1S/C22H38O3/c1-5-6-7-8-9-10-15-21(22(23-2,24-3)25-4)20-17-16-18-13-11-12-14-19(18)20/h11-12,14,18,20-21H,5-10,13,15-17H2,1-4H3. The van der Waals surface area contributed by atoms with Crippen LogP contribution in [0.5, 0.6) is 0 Å². The molecule has 3 atom stereocenters. The lowest BCUT2D eigenvalue weighted by molar-refractivity contribution is -0.384. The number of allylic oxidation sites excluding steroid dienone is 4. The van der Waals surface area contributed by atoms with Gasteiger partial charge in [-0.3, -0.25) is 0 Å². The highest BCUT2D eigenvalue weighted by Crippen LogP contribution is 2.49. The average molecular weight is 351 g/mol. The highest BCUT2D eigenvalue weighted by Gasteiger charge is 2.48. The number of methoxy groups -OCH3 is 3. The van der Waals surface area contributed by atoms with Crippen LogP contribution in [0.4, 0.5) is 0 Å². The third-order valence-corrected chi connectivity index (χ3v) is 6.23. The lowest BCUT2D eigenvalue weighted by atomic mass is 9.79. The molecule has 0 aromatic carbocycles. The summed E-state index contributed by atoms with van der Waals surface area (Å²) in [6.07, 6.45) is 19.5. The predicted molar refractivity (Wildman–Crippen MR) is 103 cm³/mol. The van der Waals surface area contributed by atoms with Crippen LogP contribution in [0.1, 0.15) is 71.1 Å². The van der Waals surface area contributed by atoms with Crippen LogP contribution in [0, 0.1) is 17.8 Å².